The van der Waals surface area contributed by atoms with E-state index in [1.807, 2.05) is 30.3 Å². The van der Waals surface area contributed by atoms with Gasteiger partial charge in [0.05, 0.1) is 5.69 Å². The van der Waals surface area contributed by atoms with Crippen molar-refractivity contribution in [1.82, 2.24) is 10.3 Å². The highest BCUT2D eigenvalue weighted by atomic mass is 32.1. The highest BCUT2D eigenvalue weighted by molar-refractivity contribution is 7.13. The Morgan fingerprint density at radius 2 is 1.83 bits per heavy atom. The molecule has 1 heterocycles. The summed E-state index contributed by atoms with van der Waals surface area (Å²) in [4.78, 5) is 4.68. The smallest absolute Gasteiger partial charge is 0.123 e. The molecule has 0 saturated heterocycles. The van der Waals surface area contributed by atoms with E-state index in [9.17, 15) is 0 Å². The van der Waals surface area contributed by atoms with Gasteiger partial charge < -0.3 is 10.1 Å². The van der Waals surface area contributed by atoms with Gasteiger partial charge in [0.25, 0.3) is 0 Å². The van der Waals surface area contributed by atoms with Crippen LogP contribution in [-0.2, 0) is 6.54 Å². The van der Waals surface area contributed by atoms with Gasteiger partial charge in [-0.2, -0.15) is 0 Å². The van der Waals surface area contributed by atoms with Gasteiger partial charge in [0.2, 0.25) is 0 Å². The third-order valence-corrected chi connectivity index (χ3v) is 4.39. The van der Waals surface area contributed by atoms with Crippen molar-refractivity contribution in [2.24, 2.45) is 0 Å². The number of nitrogens with one attached hydrogen (secondary N) is 1. The van der Waals surface area contributed by atoms with Crippen LogP contribution in [0, 0.1) is 6.92 Å². The van der Waals surface area contributed by atoms with Gasteiger partial charge in [-0.3, -0.25) is 0 Å². The summed E-state index contributed by atoms with van der Waals surface area (Å²) in [6.45, 7) is 4.31. The second kappa shape index (κ2) is 7.90. The quantitative estimate of drug-likeness (QED) is 0.658. The molecule has 3 aromatic rings. The largest absolute Gasteiger partial charge is 0.492 e. The molecule has 3 nitrogen and oxygen atoms in total. The lowest BCUT2D eigenvalue weighted by atomic mass is 10.2. The van der Waals surface area contributed by atoms with Gasteiger partial charge in [-0.15, -0.1) is 11.3 Å². The fourth-order valence-corrected chi connectivity index (χ4v) is 3.02. The Bertz CT molecular complexity index is 723. The highest BCUT2D eigenvalue weighted by Crippen LogP contribution is 2.23. The van der Waals surface area contributed by atoms with Crippen molar-refractivity contribution in [3.63, 3.8) is 0 Å². The molecule has 0 bridgehead atoms. The molecule has 0 fully saturated rings. The van der Waals surface area contributed by atoms with Gasteiger partial charge in [-0.25, -0.2) is 4.98 Å². The summed E-state index contributed by atoms with van der Waals surface area (Å²) in [6, 6.07) is 18.4. The lowest BCUT2D eigenvalue weighted by molar-refractivity contribution is 0.313. The highest BCUT2D eigenvalue weighted by Gasteiger charge is 2.04. The Kier molecular flexibility index (Phi) is 5.40. The van der Waals surface area contributed by atoms with E-state index in [0.717, 1.165) is 29.5 Å². The molecule has 0 unspecified atom stereocenters. The zero-order valence-corrected chi connectivity index (χ0v) is 14.0. The van der Waals surface area contributed by atoms with E-state index in [4.69, 9.17) is 4.74 Å². The molecule has 3 rings (SSSR count). The number of para-hydroxylation sites is 1. The molecule has 4 heteroatoms. The van der Waals surface area contributed by atoms with Crippen LogP contribution >= 0.6 is 11.3 Å². The first kappa shape index (κ1) is 15.7. The number of nitrogens with zero attached hydrogens (tertiary/aromatic N) is 1. The van der Waals surface area contributed by atoms with E-state index in [1.54, 1.807) is 11.3 Å². The lowest BCUT2D eigenvalue weighted by Crippen LogP contribution is -2.20. The minimum atomic E-state index is 0.652. The van der Waals surface area contributed by atoms with Gasteiger partial charge in [-0.1, -0.05) is 48.0 Å². The summed E-state index contributed by atoms with van der Waals surface area (Å²) in [6.07, 6.45) is 0. The van der Waals surface area contributed by atoms with E-state index in [0.29, 0.717) is 6.61 Å². The van der Waals surface area contributed by atoms with Gasteiger partial charge in [0.1, 0.15) is 17.4 Å². The Labute approximate surface area is 141 Å². The maximum absolute atomic E-state index is 5.65. The van der Waals surface area contributed by atoms with E-state index < -0.39 is 0 Å². The van der Waals surface area contributed by atoms with Crippen molar-refractivity contribution in [1.29, 1.82) is 0 Å². The number of hydrogen-bond donors (Lipinski definition) is 1. The topological polar surface area (TPSA) is 34.2 Å². The molecule has 1 N–H and O–H groups in total. The fraction of sp³-hybridized carbons (Fsp3) is 0.211. The van der Waals surface area contributed by atoms with Crippen molar-refractivity contribution in [3.8, 4) is 16.3 Å². The first-order valence-corrected chi connectivity index (χ1v) is 8.59. The van der Waals surface area contributed by atoms with E-state index in [2.05, 4.69) is 46.9 Å². The van der Waals surface area contributed by atoms with Gasteiger partial charge in [0.15, 0.2) is 0 Å². The molecule has 0 saturated carbocycles. The Balaban J connectivity index is 1.43. The Morgan fingerprint density at radius 1 is 1.04 bits per heavy atom. The van der Waals surface area contributed by atoms with Crippen LogP contribution in [-0.4, -0.2) is 18.1 Å². The summed E-state index contributed by atoms with van der Waals surface area (Å²) in [5.41, 5.74) is 3.52. The van der Waals surface area contributed by atoms with Gasteiger partial charge >= 0.3 is 0 Å². The third-order valence-electron chi connectivity index (χ3n) is 3.45. The summed E-state index contributed by atoms with van der Waals surface area (Å²) in [5, 5.41) is 6.55. The molecule has 0 atom stereocenters. The van der Waals surface area contributed by atoms with Crippen LogP contribution in [0.25, 0.3) is 10.6 Å². The van der Waals surface area contributed by atoms with Crippen molar-refractivity contribution >= 4 is 11.3 Å². The summed E-state index contributed by atoms with van der Waals surface area (Å²) in [7, 11) is 0. The molecule has 0 aliphatic carbocycles. The first-order valence-electron chi connectivity index (χ1n) is 7.71. The number of thiazole rings is 1. The maximum Gasteiger partial charge on any atom is 0.123 e. The van der Waals surface area contributed by atoms with Crippen molar-refractivity contribution in [2.75, 3.05) is 13.2 Å². The van der Waals surface area contributed by atoms with Crippen LogP contribution in [0.4, 0.5) is 0 Å². The van der Waals surface area contributed by atoms with E-state index >= 15 is 0 Å². The zero-order chi connectivity index (χ0) is 15.9. The van der Waals surface area contributed by atoms with Crippen LogP contribution in [0.1, 0.15) is 11.3 Å². The Morgan fingerprint density at radius 3 is 2.61 bits per heavy atom. The fourth-order valence-electron chi connectivity index (χ4n) is 2.19. The molecule has 2 aromatic carbocycles. The lowest BCUT2D eigenvalue weighted by Gasteiger charge is -2.06. The molecular weight excluding hydrogens is 304 g/mol. The number of benzene rings is 2. The average Bonchev–Trinajstić information content (AvgIpc) is 3.05. The predicted molar refractivity (Wildman–Crippen MR) is 95.9 cm³/mol. The SMILES string of the molecule is Cc1ccc(-c2nc(CNCCOc3ccccc3)cs2)cc1. The Hall–Kier alpha value is -2.17. The molecule has 0 aliphatic rings. The molecule has 0 aliphatic heterocycles. The van der Waals surface area contributed by atoms with Crippen molar-refractivity contribution < 1.29 is 4.74 Å². The van der Waals surface area contributed by atoms with Crippen LogP contribution in [0.15, 0.2) is 60.0 Å². The molecule has 118 valence electrons. The average molecular weight is 324 g/mol. The van der Waals surface area contributed by atoms with Gasteiger partial charge in [0, 0.05) is 24.0 Å². The number of hydrogen-bond acceptors (Lipinski definition) is 4. The number of ether oxygens (including phenoxy) is 1. The van der Waals surface area contributed by atoms with E-state index in [1.165, 1.54) is 11.1 Å². The molecular formula is C19H20N2OS. The third kappa shape index (κ3) is 4.65. The first-order chi connectivity index (χ1) is 11.3. The summed E-state index contributed by atoms with van der Waals surface area (Å²) in [5.74, 6) is 0.907. The summed E-state index contributed by atoms with van der Waals surface area (Å²) < 4.78 is 5.65. The summed E-state index contributed by atoms with van der Waals surface area (Å²) >= 11 is 1.69. The molecule has 0 radical (unpaired) electrons. The predicted octanol–water partition coefficient (Wildman–Crippen LogP) is 4.29. The second-order valence-corrected chi connectivity index (χ2v) is 6.21. The number of aryl methyl sites for hydroxylation is 1. The van der Waals surface area contributed by atoms with E-state index in [-0.39, 0.29) is 0 Å². The molecule has 0 spiro atoms. The molecule has 1 aromatic heterocycles. The minimum absolute atomic E-state index is 0.652. The number of aromatic nitrogens is 1. The molecule has 23 heavy (non-hydrogen) atoms. The normalized spacial score (nSPS) is 10.7. The maximum atomic E-state index is 5.65. The number of rotatable bonds is 7. The minimum Gasteiger partial charge on any atom is -0.492 e. The van der Waals surface area contributed by atoms with Gasteiger partial charge in [-0.05, 0) is 19.1 Å². The standard InChI is InChI=1S/C19H20N2OS/c1-15-7-9-16(10-8-15)19-21-17(14-23-19)13-20-11-12-22-18-5-3-2-4-6-18/h2-10,14,20H,11-13H2,1H3. The second-order valence-electron chi connectivity index (χ2n) is 5.35. The van der Waals surface area contributed by atoms with Crippen LogP contribution < -0.4 is 10.1 Å². The van der Waals surface area contributed by atoms with Crippen molar-refractivity contribution in [3.05, 3.63) is 71.2 Å². The van der Waals surface area contributed by atoms with Crippen molar-refractivity contribution in [2.45, 2.75) is 13.5 Å². The zero-order valence-electron chi connectivity index (χ0n) is 13.2. The van der Waals surface area contributed by atoms with Crippen LogP contribution in [0.2, 0.25) is 0 Å². The molecule has 0 amide bonds. The monoisotopic (exact) mass is 324 g/mol. The van der Waals surface area contributed by atoms with Crippen LogP contribution in [0.3, 0.4) is 0 Å². The van der Waals surface area contributed by atoms with Crippen LogP contribution in [0.5, 0.6) is 5.75 Å².